The van der Waals surface area contributed by atoms with Gasteiger partial charge in [-0.2, -0.15) is 0 Å². The van der Waals surface area contributed by atoms with Crippen molar-refractivity contribution in [1.82, 2.24) is 15.5 Å². The maximum Gasteiger partial charge on any atom is 0.227 e. The Morgan fingerprint density at radius 3 is 2.25 bits per heavy atom. The molecule has 4 fully saturated rings. The van der Waals surface area contributed by atoms with Gasteiger partial charge in [-0.3, -0.25) is 9.59 Å². The van der Waals surface area contributed by atoms with Crippen molar-refractivity contribution in [3.8, 4) is 0 Å². The molecule has 4 saturated carbocycles. The van der Waals surface area contributed by atoms with Crippen LogP contribution in [-0.2, 0) is 9.59 Å². The van der Waals surface area contributed by atoms with E-state index in [1.54, 1.807) is 0 Å². The Labute approximate surface area is 171 Å². The van der Waals surface area contributed by atoms with E-state index < -0.39 is 0 Å². The summed E-state index contributed by atoms with van der Waals surface area (Å²) < 4.78 is 0. The molecule has 0 atom stereocenters. The maximum absolute atomic E-state index is 12.9. The molecule has 28 heavy (non-hydrogen) atoms. The van der Waals surface area contributed by atoms with Crippen LogP contribution in [0.1, 0.15) is 82.6 Å². The zero-order valence-corrected chi connectivity index (χ0v) is 17.8. The number of amides is 2. The Morgan fingerprint density at radius 1 is 1.07 bits per heavy atom. The van der Waals surface area contributed by atoms with Gasteiger partial charge in [-0.1, -0.05) is 25.2 Å². The Morgan fingerprint density at radius 2 is 1.68 bits per heavy atom. The smallest absolute Gasteiger partial charge is 0.227 e. The predicted molar refractivity (Wildman–Crippen MR) is 110 cm³/mol. The first-order valence-corrected chi connectivity index (χ1v) is 11.7. The van der Waals surface area contributed by atoms with Gasteiger partial charge in [0, 0.05) is 24.3 Å². The van der Waals surface area contributed by atoms with Crippen LogP contribution in [0.4, 0.5) is 5.13 Å². The lowest BCUT2D eigenvalue weighted by Gasteiger charge is -2.55. The van der Waals surface area contributed by atoms with E-state index in [1.165, 1.54) is 30.6 Å². The molecular weight excluding hydrogens is 372 g/mol. The summed E-state index contributed by atoms with van der Waals surface area (Å²) in [5, 5.41) is 15.7. The van der Waals surface area contributed by atoms with Crippen LogP contribution in [0, 0.1) is 23.2 Å². The topological polar surface area (TPSA) is 84.0 Å². The summed E-state index contributed by atoms with van der Waals surface area (Å²) in [5.41, 5.74) is -0.144. The molecule has 4 aliphatic rings. The van der Waals surface area contributed by atoms with Crippen molar-refractivity contribution in [1.29, 1.82) is 0 Å². The molecule has 2 amide bonds. The summed E-state index contributed by atoms with van der Waals surface area (Å²) in [6.07, 6.45) is 9.48. The van der Waals surface area contributed by atoms with Crippen LogP contribution in [-0.4, -0.2) is 28.6 Å². The molecule has 1 aromatic rings. The largest absolute Gasteiger partial charge is 0.355 e. The second kappa shape index (κ2) is 8.09. The lowest BCUT2D eigenvalue weighted by molar-refractivity contribution is -0.146. The molecule has 0 spiro atoms. The number of aromatic nitrogens is 2. The van der Waals surface area contributed by atoms with Gasteiger partial charge in [0.25, 0.3) is 0 Å². The van der Waals surface area contributed by atoms with Crippen LogP contribution in [0.25, 0.3) is 0 Å². The first kappa shape index (κ1) is 19.8. The van der Waals surface area contributed by atoms with Crippen LogP contribution in [0.3, 0.4) is 0 Å². The fourth-order valence-corrected chi connectivity index (χ4v) is 7.16. The molecular formula is C21H32N4O2S. The van der Waals surface area contributed by atoms with Gasteiger partial charge in [-0.05, 0) is 69.1 Å². The molecule has 0 radical (unpaired) electrons. The van der Waals surface area contributed by atoms with E-state index in [9.17, 15) is 9.59 Å². The predicted octanol–water partition coefficient (Wildman–Crippen LogP) is 4.10. The lowest BCUT2D eigenvalue weighted by Crippen LogP contribution is -2.53. The minimum Gasteiger partial charge on any atom is -0.355 e. The second-order valence-corrected chi connectivity index (χ2v) is 10.2. The summed E-state index contributed by atoms with van der Waals surface area (Å²) >= 11 is 1.46. The third kappa shape index (κ3) is 3.95. The quantitative estimate of drug-likeness (QED) is 0.683. The molecule has 0 aliphatic heterocycles. The molecule has 1 heterocycles. The molecule has 0 saturated heterocycles. The summed E-state index contributed by atoms with van der Waals surface area (Å²) in [7, 11) is 0. The number of hydrogen-bond donors (Lipinski definition) is 2. The van der Waals surface area contributed by atoms with E-state index in [0.29, 0.717) is 17.6 Å². The van der Waals surface area contributed by atoms with Crippen molar-refractivity contribution in [3.63, 3.8) is 0 Å². The van der Waals surface area contributed by atoms with E-state index >= 15 is 0 Å². The second-order valence-electron chi connectivity index (χ2n) is 9.21. The van der Waals surface area contributed by atoms with Crippen LogP contribution >= 0.6 is 11.3 Å². The van der Waals surface area contributed by atoms with E-state index in [2.05, 4.69) is 34.7 Å². The lowest BCUT2D eigenvalue weighted by atomic mass is 9.49. The highest BCUT2D eigenvalue weighted by molar-refractivity contribution is 7.15. The Hall–Kier alpha value is -1.50. The number of rotatable bonds is 8. The normalized spacial score (nSPS) is 30.6. The van der Waals surface area contributed by atoms with Crippen molar-refractivity contribution in [2.75, 3.05) is 11.9 Å². The number of nitrogens with zero attached hydrogens (tertiary/aromatic N) is 2. The summed E-state index contributed by atoms with van der Waals surface area (Å²) in [6.45, 7) is 4.67. The highest BCUT2D eigenvalue weighted by Crippen LogP contribution is 2.60. The highest BCUT2D eigenvalue weighted by Gasteiger charge is 2.54. The molecule has 2 N–H and O–H groups in total. The van der Waals surface area contributed by atoms with E-state index in [-0.39, 0.29) is 23.7 Å². The zero-order chi connectivity index (χ0) is 19.7. The number of carbonyl (C=O) groups excluding carboxylic acids is 2. The standard InChI is InChI=1S/C21H32N4O2S/c1-3-16(4-2)18-24-25-20(28-18)23-17(26)5-6-22-19(27)21-10-13-7-14(11-21)9-15(8-13)12-21/h13-16H,3-12H2,1-2H3,(H,22,27)(H,23,25,26). The van der Waals surface area contributed by atoms with Crippen LogP contribution in [0.5, 0.6) is 0 Å². The molecule has 6 nitrogen and oxygen atoms in total. The Balaban J connectivity index is 1.24. The number of anilines is 1. The third-order valence-electron chi connectivity index (χ3n) is 7.18. The molecule has 4 bridgehead atoms. The molecule has 7 heteroatoms. The van der Waals surface area contributed by atoms with Crippen LogP contribution in [0.15, 0.2) is 0 Å². The zero-order valence-electron chi connectivity index (χ0n) is 17.0. The highest BCUT2D eigenvalue weighted by atomic mass is 32.1. The van der Waals surface area contributed by atoms with Crippen molar-refractivity contribution < 1.29 is 9.59 Å². The van der Waals surface area contributed by atoms with E-state index in [4.69, 9.17) is 0 Å². The molecule has 4 aliphatic carbocycles. The van der Waals surface area contributed by atoms with Gasteiger partial charge in [-0.15, -0.1) is 10.2 Å². The third-order valence-corrected chi connectivity index (χ3v) is 8.18. The number of carbonyl (C=O) groups is 2. The first-order chi connectivity index (χ1) is 13.5. The molecule has 0 unspecified atom stereocenters. The summed E-state index contributed by atoms with van der Waals surface area (Å²) in [5.74, 6) is 2.73. The van der Waals surface area contributed by atoms with Gasteiger partial charge >= 0.3 is 0 Å². The monoisotopic (exact) mass is 404 g/mol. The molecule has 5 rings (SSSR count). The minimum absolute atomic E-state index is 0.113. The van der Waals surface area contributed by atoms with Crippen molar-refractivity contribution in [3.05, 3.63) is 5.01 Å². The fourth-order valence-electron chi connectivity index (χ4n) is 6.14. The van der Waals surface area contributed by atoms with E-state index in [1.807, 2.05) is 0 Å². The van der Waals surface area contributed by atoms with Gasteiger partial charge in [-0.25, -0.2) is 0 Å². The van der Waals surface area contributed by atoms with Gasteiger partial charge < -0.3 is 10.6 Å². The van der Waals surface area contributed by atoms with Crippen molar-refractivity contribution >= 4 is 28.3 Å². The maximum atomic E-state index is 12.9. The van der Waals surface area contributed by atoms with E-state index in [0.717, 1.165) is 54.9 Å². The van der Waals surface area contributed by atoms with Crippen LogP contribution < -0.4 is 10.6 Å². The van der Waals surface area contributed by atoms with Gasteiger partial charge in [0.2, 0.25) is 16.9 Å². The van der Waals surface area contributed by atoms with Gasteiger partial charge in [0.15, 0.2) is 0 Å². The molecule has 1 aromatic heterocycles. The van der Waals surface area contributed by atoms with Gasteiger partial charge in [0.05, 0.1) is 0 Å². The Bertz CT molecular complexity index is 692. The van der Waals surface area contributed by atoms with Crippen molar-refractivity contribution in [2.45, 2.75) is 77.6 Å². The average Bonchev–Trinajstić information content (AvgIpc) is 3.09. The SMILES string of the molecule is CCC(CC)c1nnc(NC(=O)CCNC(=O)C23CC4CC(CC(C4)C2)C3)s1. The van der Waals surface area contributed by atoms with Gasteiger partial charge in [0.1, 0.15) is 5.01 Å². The first-order valence-electron chi connectivity index (χ1n) is 10.9. The number of hydrogen-bond acceptors (Lipinski definition) is 5. The van der Waals surface area contributed by atoms with Crippen LogP contribution in [0.2, 0.25) is 0 Å². The summed E-state index contributed by atoms with van der Waals surface area (Å²) in [6, 6.07) is 0. The van der Waals surface area contributed by atoms with Crippen molar-refractivity contribution in [2.24, 2.45) is 23.2 Å². The fraction of sp³-hybridized carbons (Fsp3) is 0.810. The average molecular weight is 405 g/mol. The summed E-state index contributed by atoms with van der Waals surface area (Å²) in [4.78, 5) is 25.2. The Kier molecular flexibility index (Phi) is 5.72. The minimum atomic E-state index is -0.144. The molecule has 0 aromatic carbocycles. The number of nitrogens with one attached hydrogen (secondary N) is 2. The molecule has 154 valence electrons.